The summed E-state index contributed by atoms with van der Waals surface area (Å²) in [6.45, 7) is 10.2. The Morgan fingerprint density at radius 1 is 1.10 bits per heavy atom. The number of carbonyl (C=O) groups is 2. The molecule has 2 amide bonds. The summed E-state index contributed by atoms with van der Waals surface area (Å²) in [6, 6.07) is 5.50. The van der Waals surface area contributed by atoms with Crippen LogP contribution in [0.1, 0.15) is 57.3 Å². The third-order valence-corrected chi connectivity index (χ3v) is 4.57. The molecule has 29 heavy (non-hydrogen) atoms. The summed E-state index contributed by atoms with van der Waals surface area (Å²) in [5.74, 6) is 0.164. The highest BCUT2D eigenvalue weighted by atomic mass is 16.2. The van der Waals surface area contributed by atoms with Gasteiger partial charge in [-0.2, -0.15) is 0 Å². The lowest BCUT2D eigenvalue weighted by molar-refractivity contribution is -0.117. The zero-order valence-electron chi connectivity index (χ0n) is 19.6. The van der Waals surface area contributed by atoms with E-state index in [0.29, 0.717) is 30.1 Å². The Balaban J connectivity index is 2.81. The average molecular weight is 405 g/mol. The first kappa shape index (κ1) is 25.0. The van der Waals surface area contributed by atoms with Crippen molar-refractivity contribution in [2.24, 2.45) is 11.3 Å². The standard InChI is InChI=1S/C23H40N4O2/c1-17(16-23(2,3)4)14-21(28)25-18-10-11-20(27(7)8)19(15-18)22(29)24-12-9-13-26(5)6/h10-11,15,17H,9,12-14,16H2,1-8H3,(H,24,29)(H,25,28). The van der Waals surface area contributed by atoms with E-state index < -0.39 is 0 Å². The number of hydrogen-bond donors (Lipinski definition) is 2. The predicted octanol–water partition coefficient (Wildman–Crippen LogP) is 3.84. The number of benzene rings is 1. The number of carbonyl (C=O) groups excluding carboxylic acids is 2. The fourth-order valence-corrected chi connectivity index (χ4v) is 3.52. The van der Waals surface area contributed by atoms with Crippen molar-refractivity contribution in [3.63, 3.8) is 0 Å². The molecule has 1 aromatic rings. The van der Waals surface area contributed by atoms with Gasteiger partial charge in [0.2, 0.25) is 5.91 Å². The van der Waals surface area contributed by atoms with E-state index in [1.54, 1.807) is 6.07 Å². The number of rotatable bonds is 10. The molecule has 0 bridgehead atoms. The van der Waals surface area contributed by atoms with Crippen LogP contribution in [0, 0.1) is 11.3 Å². The Morgan fingerprint density at radius 2 is 1.76 bits per heavy atom. The van der Waals surface area contributed by atoms with Gasteiger partial charge >= 0.3 is 0 Å². The normalized spacial score (nSPS) is 12.6. The van der Waals surface area contributed by atoms with Crippen molar-refractivity contribution in [1.82, 2.24) is 10.2 Å². The van der Waals surface area contributed by atoms with E-state index in [9.17, 15) is 9.59 Å². The van der Waals surface area contributed by atoms with E-state index in [1.165, 1.54) is 0 Å². The van der Waals surface area contributed by atoms with Gasteiger partial charge in [0.15, 0.2) is 0 Å². The second-order valence-corrected chi connectivity index (χ2v) is 9.66. The minimum atomic E-state index is -0.121. The van der Waals surface area contributed by atoms with E-state index in [0.717, 1.165) is 25.1 Å². The molecule has 6 heteroatoms. The first-order chi connectivity index (χ1) is 13.4. The molecule has 0 aliphatic heterocycles. The van der Waals surface area contributed by atoms with Crippen molar-refractivity contribution in [3.8, 4) is 0 Å². The van der Waals surface area contributed by atoms with Gasteiger partial charge in [-0.05, 0) is 63.0 Å². The second kappa shape index (κ2) is 11.2. The Hall–Kier alpha value is -2.08. The van der Waals surface area contributed by atoms with Gasteiger partial charge in [-0.1, -0.05) is 27.7 Å². The van der Waals surface area contributed by atoms with Gasteiger partial charge in [0, 0.05) is 38.4 Å². The molecule has 0 aromatic heterocycles. The molecule has 0 spiro atoms. The van der Waals surface area contributed by atoms with Gasteiger partial charge in [-0.3, -0.25) is 9.59 Å². The minimum absolute atomic E-state index is 0.0169. The Labute approximate surface area is 177 Å². The molecule has 0 radical (unpaired) electrons. The molecule has 1 unspecified atom stereocenters. The summed E-state index contributed by atoms with van der Waals surface area (Å²) in [4.78, 5) is 29.2. The number of hydrogen-bond acceptors (Lipinski definition) is 4. The largest absolute Gasteiger partial charge is 0.377 e. The first-order valence-electron chi connectivity index (χ1n) is 10.4. The summed E-state index contributed by atoms with van der Waals surface area (Å²) in [6.07, 6.45) is 2.34. The van der Waals surface area contributed by atoms with E-state index in [4.69, 9.17) is 0 Å². The van der Waals surface area contributed by atoms with Crippen molar-refractivity contribution in [3.05, 3.63) is 23.8 Å². The van der Waals surface area contributed by atoms with Crippen LogP contribution in [0.5, 0.6) is 0 Å². The summed E-state index contributed by atoms with van der Waals surface area (Å²) in [5.41, 5.74) is 2.25. The highest BCUT2D eigenvalue weighted by Crippen LogP contribution is 2.27. The molecule has 1 atom stereocenters. The van der Waals surface area contributed by atoms with Crippen LogP contribution < -0.4 is 15.5 Å². The smallest absolute Gasteiger partial charge is 0.253 e. The van der Waals surface area contributed by atoms with Crippen LogP contribution in [0.2, 0.25) is 0 Å². The molecular formula is C23H40N4O2. The number of nitrogens with zero attached hydrogens (tertiary/aromatic N) is 2. The van der Waals surface area contributed by atoms with Crippen LogP contribution in [0.3, 0.4) is 0 Å². The maximum absolute atomic E-state index is 12.7. The van der Waals surface area contributed by atoms with E-state index in [1.807, 2.05) is 45.2 Å². The topological polar surface area (TPSA) is 64.7 Å². The van der Waals surface area contributed by atoms with E-state index in [2.05, 4.69) is 43.2 Å². The number of anilines is 2. The van der Waals surface area contributed by atoms with Crippen molar-refractivity contribution >= 4 is 23.2 Å². The highest BCUT2D eigenvalue weighted by Gasteiger charge is 2.19. The molecule has 6 nitrogen and oxygen atoms in total. The van der Waals surface area contributed by atoms with Gasteiger partial charge < -0.3 is 20.4 Å². The van der Waals surface area contributed by atoms with Crippen molar-refractivity contribution in [2.75, 3.05) is 51.5 Å². The van der Waals surface area contributed by atoms with Crippen LogP contribution >= 0.6 is 0 Å². The molecule has 1 rings (SSSR count). The van der Waals surface area contributed by atoms with Crippen LogP contribution in [0.4, 0.5) is 11.4 Å². The van der Waals surface area contributed by atoms with Crippen LogP contribution in [-0.4, -0.2) is 58.0 Å². The van der Waals surface area contributed by atoms with Crippen molar-refractivity contribution < 1.29 is 9.59 Å². The molecule has 2 N–H and O–H groups in total. The van der Waals surface area contributed by atoms with Crippen molar-refractivity contribution in [2.45, 2.75) is 47.0 Å². The monoisotopic (exact) mass is 404 g/mol. The average Bonchev–Trinajstić information content (AvgIpc) is 2.56. The van der Waals surface area contributed by atoms with Crippen LogP contribution in [0.25, 0.3) is 0 Å². The third kappa shape index (κ3) is 9.79. The third-order valence-electron chi connectivity index (χ3n) is 4.57. The quantitative estimate of drug-likeness (QED) is 0.582. The van der Waals surface area contributed by atoms with E-state index >= 15 is 0 Å². The summed E-state index contributed by atoms with van der Waals surface area (Å²) >= 11 is 0. The van der Waals surface area contributed by atoms with Gasteiger partial charge in [-0.25, -0.2) is 0 Å². The second-order valence-electron chi connectivity index (χ2n) is 9.66. The molecule has 0 heterocycles. The minimum Gasteiger partial charge on any atom is -0.377 e. The van der Waals surface area contributed by atoms with E-state index in [-0.39, 0.29) is 17.2 Å². The van der Waals surface area contributed by atoms with Crippen molar-refractivity contribution in [1.29, 1.82) is 0 Å². The Bertz CT molecular complexity index is 678. The highest BCUT2D eigenvalue weighted by molar-refractivity contribution is 6.02. The zero-order chi connectivity index (χ0) is 22.2. The van der Waals surface area contributed by atoms with Gasteiger partial charge in [0.25, 0.3) is 5.91 Å². The molecular weight excluding hydrogens is 364 g/mol. The Kier molecular flexibility index (Phi) is 9.63. The fraction of sp³-hybridized carbons (Fsp3) is 0.652. The van der Waals surface area contributed by atoms with Crippen LogP contribution in [-0.2, 0) is 4.79 Å². The Morgan fingerprint density at radius 3 is 2.31 bits per heavy atom. The summed E-state index contributed by atoms with van der Waals surface area (Å²) < 4.78 is 0. The maximum atomic E-state index is 12.7. The van der Waals surface area contributed by atoms with Gasteiger partial charge in [0.1, 0.15) is 0 Å². The number of nitrogens with one attached hydrogen (secondary N) is 2. The SMILES string of the molecule is CC(CC(=O)Nc1ccc(N(C)C)c(C(=O)NCCCN(C)C)c1)CC(C)(C)C. The molecule has 0 aliphatic rings. The molecule has 164 valence electrons. The van der Waals surface area contributed by atoms with Gasteiger partial charge in [-0.15, -0.1) is 0 Å². The molecule has 0 aliphatic carbocycles. The molecule has 0 saturated carbocycles. The van der Waals surface area contributed by atoms with Crippen LogP contribution in [0.15, 0.2) is 18.2 Å². The lowest BCUT2D eigenvalue weighted by Gasteiger charge is -2.23. The predicted molar refractivity (Wildman–Crippen MR) is 123 cm³/mol. The van der Waals surface area contributed by atoms with Gasteiger partial charge in [0.05, 0.1) is 5.56 Å². The fourth-order valence-electron chi connectivity index (χ4n) is 3.52. The lowest BCUT2D eigenvalue weighted by Crippen LogP contribution is -2.28. The summed E-state index contributed by atoms with van der Waals surface area (Å²) in [7, 11) is 7.84. The first-order valence-corrected chi connectivity index (χ1v) is 10.4. The maximum Gasteiger partial charge on any atom is 0.253 e. The zero-order valence-corrected chi connectivity index (χ0v) is 19.6. The molecule has 0 saturated heterocycles. The molecule has 0 fully saturated rings. The summed E-state index contributed by atoms with van der Waals surface area (Å²) in [5, 5.41) is 5.94. The number of amides is 2. The lowest BCUT2D eigenvalue weighted by atomic mass is 9.84. The molecule has 1 aromatic carbocycles.